The number of thiophene rings is 1. The molecular weight excluding hydrogens is 284 g/mol. The average molecular weight is 300 g/mol. The van der Waals surface area contributed by atoms with Gasteiger partial charge >= 0.3 is 6.03 Å². The number of rotatable bonds is 2. The number of nitrogens with one attached hydrogen (secondary N) is 1. The molecule has 0 radical (unpaired) electrons. The molecule has 1 N–H and O–H groups in total. The first-order valence-electron chi connectivity index (χ1n) is 6.72. The summed E-state index contributed by atoms with van der Waals surface area (Å²) in [5.41, 5.74) is 3.56. The highest BCUT2D eigenvalue weighted by atomic mass is 32.1. The molecule has 2 heterocycles. The number of carbonyl (C=O) groups is 2. The van der Waals surface area contributed by atoms with Crippen LogP contribution < -0.4 is 5.32 Å². The number of aryl methyl sites for hydroxylation is 2. The van der Waals surface area contributed by atoms with Crippen LogP contribution in [0.15, 0.2) is 24.3 Å². The number of fused-ring (bicyclic) bond motifs is 1. The monoisotopic (exact) mass is 300 g/mol. The second-order valence-corrected chi connectivity index (χ2v) is 6.59. The molecule has 0 aliphatic carbocycles. The van der Waals surface area contributed by atoms with Crippen molar-refractivity contribution in [2.75, 3.05) is 12.4 Å². The fraction of sp³-hybridized carbons (Fsp3) is 0.250. The molecule has 0 unspecified atom stereocenters. The molecule has 1 aromatic carbocycles. The standard InChI is InChI=1S/C16H16N2O2S/c1-9-6-14(21-10(9)2)15(19)11-4-5-13-12(7-11)8-18(3)16(20)17-13/h4-7H,8H2,1-3H3,(H,17,20). The van der Waals surface area contributed by atoms with E-state index in [0.29, 0.717) is 12.1 Å². The molecule has 2 amide bonds. The van der Waals surface area contributed by atoms with Crippen LogP contribution in [0.1, 0.15) is 31.2 Å². The van der Waals surface area contributed by atoms with Gasteiger partial charge in [0.15, 0.2) is 0 Å². The Morgan fingerprint density at radius 2 is 2.05 bits per heavy atom. The van der Waals surface area contributed by atoms with Crippen molar-refractivity contribution < 1.29 is 9.59 Å². The van der Waals surface area contributed by atoms with Crippen LogP contribution in [0, 0.1) is 13.8 Å². The van der Waals surface area contributed by atoms with Gasteiger partial charge in [-0.25, -0.2) is 4.79 Å². The molecule has 0 saturated heterocycles. The van der Waals surface area contributed by atoms with Crippen molar-refractivity contribution in [1.82, 2.24) is 4.90 Å². The minimum atomic E-state index is -0.119. The van der Waals surface area contributed by atoms with E-state index in [1.807, 2.05) is 26.0 Å². The van der Waals surface area contributed by atoms with Crippen molar-refractivity contribution in [3.8, 4) is 0 Å². The van der Waals surface area contributed by atoms with Crippen molar-refractivity contribution in [2.45, 2.75) is 20.4 Å². The predicted octanol–water partition coefficient (Wildman–Crippen LogP) is 3.57. The van der Waals surface area contributed by atoms with Crippen LogP contribution in [0.5, 0.6) is 0 Å². The van der Waals surface area contributed by atoms with Crippen LogP contribution in [0.4, 0.5) is 10.5 Å². The molecule has 1 aromatic heterocycles. The lowest BCUT2D eigenvalue weighted by Gasteiger charge is -2.26. The molecule has 0 fully saturated rings. The number of ketones is 1. The van der Waals surface area contributed by atoms with Crippen LogP contribution in [-0.4, -0.2) is 23.8 Å². The van der Waals surface area contributed by atoms with Crippen LogP contribution >= 0.6 is 11.3 Å². The minimum Gasteiger partial charge on any atom is -0.323 e. The summed E-state index contributed by atoms with van der Waals surface area (Å²) >= 11 is 1.53. The smallest absolute Gasteiger partial charge is 0.321 e. The molecule has 1 aliphatic heterocycles. The summed E-state index contributed by atoms with van der Waals surface area (Å²) < 4.78 is 0. The number of amides is 2. The lowest BCUT2D eigenvalue weighted by Crippen LogP contribution is -2.35. The first-order valence-corrected chi connectivity index (χ1v) is 7.54. The molecule has 5 heteroatoms. The lowest BCUT2D eigenvalue weighted by molar-refractivity contribution is 0.104. The summed E-state index contributed by atoms with van der Waals surface area (Å²) in [4.78, 5) is 27.7. The number of nitrogens with zero attached hydrogens (tertiary/aromatic N) is 1. The topological polar surface area (TPSA) is 49.4 Å². The SMILES string of the molecule is Cc1cc(C(=O)c2ccc3c(c2)CN(C)C(=O)N3)sc1C. The van der Waals surface area contributed by atoms with E-state index in [2.05, 4.69) is 5.32 Å². The highest BCUT2D eigenvalue weighted by Crippen LogP contribution is 2.27. The first kappa shape index (κ1) is 13.8. The number of anilines is 1. The maximum absolute atomic E-state index is 12.6. The van der Waals surface area contributed by atoms with Gasteiger partial charge in [0.2, 0.25) is 5.78 Å². The number of carbonyl (C=O) groups excluding carboxylic acids is 2. The number of benzene rings is 1. The molecule has 3 rings (SSSR count). The van der Waals surface area contributed by atoms with Gasteiger partial charge in [-0.15, -0.1) is 11.3 Å². The van der Waals surface area contributed by atoms with Gasteiger partial charge in [0, 0.05) is 29.7 Å². The Morgan fingerprint density at radius 1 is 1.29 bits per heavy atom. The Morgan fingerprint density at radius 3 is 2.71 bits per heavy atom. The summed E-state index contributed by atoms with van der Waals surface area (Å²) in [6.45, 7) is 4.55. The molecule has 2 aromatic rings. The lowest BCUT2D eigenvalue weighted by atomic mass is 10.0. The first-order chi connectivity index (χ1) is 9.95. The van der Waals surface area contributed by atoms with E-state index in [4.69, 9.17) is 0 Å². The van der Waals surface area contributed by atoms with E-state index in [0.717, 1.165) is 21.7 Å². The third-order valence-electron chi connectivity index (χ3n) is 3.75. The molecule has 0 atom stereocenters. The summed E-state index contributed by atoms with van der Waals surface area (Å²) in [7, 11) is 1.73. The van der Waals surface area contributed by atoms with Gasteiger partial charge in [-0.2, -0.15) is 0 Å². The van der Waals surface area contributed by atoms with E-state index >= 15 is 0 Å². The van der Waals surface area contributed by atoms with Crippen LogP contribution in [-0.2, 0) is 6.54 Å². The zero-order valence-electron chi connectivity index (χ0n) is 12.2. The Hall–Kier alpha value is -2.14. The number of urea groups is 1. The Balaban J connectivity index is 1.95. The van der Waals surface area contributed by atoms with Crippen LogP contribution in [0.25, 0.3) is 0 Å². The maximum atomic E-state index is 12.6. The fourth-order valence-electron chi connectivity index (χ4n) is 2.35. The molecule has 0 spiro atoms. The summed E-state index contributed by atoms with van der Waals surface area (Å²) in [5.74, 6) is 0.0403. The van der Waals surface area contributed by atoms with Crippen molar-refractivity contribution >= 4 is 28.8 Å². The molecule has 4 nitrogen and oxygen atoms in total. The van der Waals surface area contributed by atoms with Gasteiger partial charge in [0.25, 0.3) is 0 Å². The van der Waals surface area contributed by atoms with Crippen LogP contribution in [0.3, 0.4) is 0 Å². The zero-order chi connectivity index (χ0) is 15.1. The van der Waals surface area contributed by atoms with Crippen molar-refractivity contribution in [1.29, 1.82) is 0 Å². The van der Waals surface area contributed by atoms with Crippen molar-refractivity contribution in [3.05, 3.63) is 50.7 Å². The number of hydrogen-bond donors (Lipinski definition) is 1. The molecule has 0 bridgehead atoms. The van der Waals surface area contributed by atoms with Gasteiger partial charge in [-0.1, -0.05) is 0 Å². The Bertz CT molecular complexity index is 729. The van der Waals surface area contributed by atoms with Crippen molar-refractivity contribution in [3.63, 3.8) is 0 Å². The maximum Gasteiger partial charge on any atom is 0.321 e. The second-order valence-electron chi connectivity index (χ2n) is 5.34. The minimum absolute atomic E-state index is 0.0403. The van der Waals surface area contributed by atoms with E-state index in [9.17, 15) is 9.59 Å². The molecule has 0 saturated carbocycles. The third kappa shape index (κ3) is 2.45. The molecule has 21 heavy (non-hydrogen) atoms. The summed E-state index contributed by atoms with van der Waals surface area (Å²) in [6, 6.07) is 7.28. The van der Waals surface area contributed by atoms with Crippen LogP contribution in [0.2, 0.25) is 0 Å². The molecule has 1 aliphatic rings. The highest BCUT2D eigenvalue weighted by molar-refractivity contribution is 7.14. The zero-order valence-corrected chi connectivity index (χ0v) is 13.0. The summed E-state index contributed by atoms with van der Waals surface area (Å²) in [5, 5.41) is 2.81. The van der Waals surface area contributed by atoms with Gasteiger partial charge in [-0.05, 0) is 49.2 Å². The quantitative estimate of drug-likeness (QED) is 0.862. The van der Waals surface area contributed by atoms with Gasteiger partial charge in [0.1, 0.15) is 0 Å². The molecule has 108 valence electrons. The van der Waals surface area contributed by atoms with Crippen molar-refractivity contribution in [2.24, 2.45) is 0 Å². The predicted molar refractivity (Wildman–Crippen MR) is 84.2 cm³/mol. The van der Waals surface area contributed by atoms with Gasteiger partial charge in [0.05, 0.1) is 4.88 Å². The normalized spacial score (nSPS) is 13.9. The Labute approximate surface area is 127 Å². The largest absolute Gasteiger partial charge is 0.323 e. The fourth-order valence-corrected chi connectivity index (χ4v) is 3.35. The summed E-state index contributed by atoms with van der Waals surface area (Å²) in [6.07, 6.45) is 0. The third-order valence-corrected chi connectivity index (χ3v) is 4.90. The Kier molecular flexibility index (Phi) is 3.29. The number of hydrogen-bond acceptors (Lipinski definition) is 3. The van der Waals surface area contributed by atoms with E-state index in [1.165, 1.54) is 16.2 Å². The second kappa shape index (κ2) is 5.00. The van der Waals surface area contributed by atoms with Gasteiger partial charge < -0.3 is 10.2 Å². The average Bonchev–Trinajstić information content (AvgIpc) is 2.79. The van der Waals surface area contributed by atoms with E-state index in [1.54, 1.807) is 24.1 Å². The van der Waals surface area contributed by atoms with E-state index in [-0.39, 0.29) is 11.8 Å². The van der Waals surface area contributed by atoms with E-state index < -0.39 is 0 Å². The highest BCUT2D eigenvalue weighted by Gasteiger charge is 2.21. The molecular formula is C16H16N2O2S. The van der Waals surface area contributed by atoms with Gasteiger partial charge in [-0.3, -0.25) is 4.79 Å².